The summed E-state index contributed by atoms with van der Waals surface area (Å²) < 4.78 is 5.16. The van der Waals surface area contributed by atoms with Crippen molar-refractivity contribution < 1.29 is 14.3 Å². The minimum Gasteiger partial charge on any atom is -0.462 e. The molecule has 156 valence electrons. The Kier molecular flexibility index (Phi) is 6.42. The molecule has 3 rings (SSSR count). The molecule has 1 N–H and O–H groups in total. The molecule has 1 aromatic carbocycles. The first-order valence-electron chi connectivity index (χ1n) is 10.3. The molecule has 0 amide bonds. The minimum absolute atomic E-state index is 0.0323. The molecule has 1 aliphatic heterocycles. The number of hydrogen-bond donors (Lipinski definition) is 1. The molecule has 2 aromatic rings. The van der Waals surface area contributed by atoms with Gasteiger partial charge in [-0.05, 0) is 51.8 Å². The number of carbonyl (C=O) groups excluding carboxylic acids is 2. The van der Waals surface area contributed by atoms with Crippen LogP contribution in [0, 0.1) is 27.7 Å². The number of ketones is 1. The predicted octanol–water partition coefficient (Wildman–Crippen LogP) is 3.43. The highest BCUT2D eigenvalue weighted by Crippen LogP contribution is 2.25. The van der Waals surface area contributed by atoms with Crippen molar-refractivity contribution in [2.75, 3.05) is 44.2 Å². The normalized spacial score (nSPS) is 14.9. The lowest BCUT2D eigenvalue weighted by Gasteiger charge is -2.36. The summed E-state index contributed by atoms with van der Waals surface area (Å²) in [5, 5.41) is 0. The van der Waals surface area contributed by atoms with Crippen molar-refractivity contribution in [1.82, 2.24) is 9.88 Å². The van der Waals surface area contributed by atoms with Crippen molar-refractivity contribution in [2.45, 2.75) is 34.6 Å². The van der Waals surface area contributed by atoms with Gasteiger partial charge in [0.25, 0.3) is 0 Å². The first kappa shape index (κ1) is 21.1. The van der Waals surface area contributed by atoms with Gasteiger partial charge in [0.15, 0.2) is 5.78 Å². The van der Waals surface area contributed by atoms with E-state index < -0.39 is 5.97 Å². The summed E-state index contributed by atoms with van der Waals surface area (Å²) in [5.41, 5.74) is 6.15. The molecule has 1 fully saturated rings. The number of anilines is 1. The zero-order chi connectivity index (χ0) is 21.1. The average molecular weight is 398 g/mol. The molecule has 1 saturated heterocycles. The van der Waals surface area contributed by atoms with Crippen molar-refractivity contribution in [2.24, 2.45) is 0 Å². The van der Waals surface area contributed by atoms with Gasteiger partial charge in [-0.15, -0.1) is 0 Å². The summed E-state index contributed by atoms with van der Waals surface area (Å²) in [7, 11) is 0. The Balaban J connectivity index is 1.68. The van der Waals surface area contributed by atoms with Gasteiger partial charge in [0.1, 0.15) is 0 Å². The number of piperazine rings is 1. The maximum absolute atomic E-state index is 13.0. The van der Waals surface area contributed by atoms with Crippen LogP contribution >= 0.6 is 0 Å². The van der Waals surface area contributed by atoms with Crippen molar-refractivity contribution in [3.63, 3.8) is 0 Å². The lowest BCUT2D eigenvalue weighted by atomic mass is 10.0. The third-order valence-corrected chi connectivity index (χ3v) is 5.79. The summed E-state index contributed by atoms with van der Waals surface area (Å²) in [6, 6.07) is 6.40. The number of nitrogens with one attached hydrogen (secondary N) is 1. The van der Waals surface area contributed by atoms with Gasteiger partial charge in [0.05, 0.1) is 24.3 Å². The van der Waals surface area contributed by atoms with E-state index in [0.717, 1.165) is 31.9 Å². The number of aromatic amines is 1. The van der Waals surface area contributed by atoms with E-state index in [9.17, 15) is 9.59 Å². The average Bonchev–Trinajstić information content (AvgIpc) is 2.99. The highest BCUT2D eigenvalue weighted by atomic mass is 16.5. The second kappa shape index (κ2) is 8.82. The van der Waals surface area contributed by atoms with E-state index in [-0.39, 0.29) is 12.4 Å². The van der Waals surface area contributed by atoms with E-state index in [1.807, 2.05) is 6.92 Å². The molecule has 0 saturated carbocycles. The van der Waals surface area contributed by atoms with Crippen LogP contribution < -0.4 is 4.90 Å². The van der Waals surface area contributed by atoms with Gasteiger partial charge in [-0.1, -0.05) is 12.1 Å². The number of rotatable bonds is 6. The van der Waals surface area contributed by atoms with Gasteiger partial charge >= 0.3 is 5.97 Å². The quantitative estimate of drug-likeness (QED) is 0.598. The third-order valence-electron chi connectivity index (χ3n) is 5.79. The molecular weight excluding hydrogens is 366 g/mol. The zero-order valence-electron chi connectivity index (χ0n) is 18.1. The topological polar surface area (TPSA) is 65.6 Å². The van der Waals surface area contributed by atoms with E-state index in [4.69, 9.17) is 4.74 Å². The molecule has 1 aliphatic rings. The van der Waals surface area contributed by atoms with Gasteiger partial charge in [-0.2, -0.15) is 0 Å². The number of hydrogen-bond acceptors (Lipinski definition) is 5. The molecule has 6 nitrogen and oxygen atoms in total. The number of aromatic nitrogens is 1. The van der Waals surface area contributed by atoms with Crippen LogP contribution in [0.15, 0.2) is 18.2 Å². The van der Waals surface area contributed by atoms with Crippen LogP contribution in [-0.2, 0) is 4.74 Å². The van der Waals surface area contributed by atoms with Crippen LogP contribution in [-0.4, -0.2) is 61.0 Å². The molecule has 6 heteroatoms. The predicted molar refractivity (Wildman–Crippen MR) is 115 cm³/mol. The van der Waals surface area contributed by atoms with E-state index in [1.54, 1.807) is 13.8 Å². The standard InChI is InChI=1S/C23H31N3O3/c1-6-29-23(28)22-18(5)24-17(4)21(22)20(27)14-25-10-12-26(13-11-25)19-9-7-8-15(2)16(19)3/h7-9,24H,6,10-14H2,1-5H3. The maximum atomic E-state index is 13.0. The van der Waals surface area contributed by atoms with Gasteiger partial charge in [0, 0.05) is 43.3 Å². The number of carbonyl (C=O) groups is 2. The summed E-state index contributed by atoms with van der Waals surface area (Å²) >= 11 is 0. The van der Waals surface area contributed by atoms with Crippen molar-refractivity contribution >= 4 is 17.4 Å². The largest absolute Gasteiger partial charge is 0.462 e. The number of nitrogens with zero attached hydrogens (tertiary/aromatic N) is 2. The number of Topliss-reactive ketones (excluding diaryl/α,β-unsaturated/α-hetero) is 1. The van der Waals surface area contributed by atoms with Crippen LogP contribution in [0.5, 0.6) is 0 Å². The van der Waals surface area contributed by atoms with Gasteiger partial charge in [0.2, 0.25) is 0 Å². The van der Waals surface area contributed by atoms with E-state index in [2.05, 4.69) is 46.8 Å². The fourth-order valence-electron chi connectivity index (χ4n) is 4.10. The van der Waals surface area contributed by atoms with Gasteiger partial charge in [-0.25, -0.2) is 4.79 Å². The van der Waals surface area contributed by atoms with E-state index in [0.29, 0.717) is 23.4 Å². The fourth-order valence-corrected chi connectivity index (χ4v) is 4.10. The van der Waals surface area contributed by atoms with Crippen molar-refractivity contribution in [3.8, 4) is 0 Å². The molecule has 29 heavy (non-hydrogen) atoms. The fraction of sp³-hybridized carbons (Fsp3) is 0.478. The summed E-state index contributed by atoms with van der Waals surface area (Å²) in [4.78, 5) is 33.1. The van der Waals surface area contributed by atoms with E-state index in [1.165, 1.54) is 16.8 Å². The molecule has 2 heterocycles. The Morgan fingerprint density at radius 2 is 1.66 bits per heavy atom. The third kappa shape index (κ3) is 4.37. The minimum atomic E-state index is -0.433. The number of aryl methyl sites for hydroxylation is 3. The first-order chi connectivity index (χ1) is 13.8. The van der Waals surface area contributed by atoms with Crippen LogP contribution in [0.2, 0.25) is 0 Å². The SMILES string of the molecule is CCOC(=O)c1c(C)[nH]c(C)c1C(=O)CN1CCN(c2cccc(C)c2C)CC1. The van der Waals surface area contributed by atoms with Crippen LogP contribution in [0.4, 0.5) is 5.69 Å². The Bertz CT molecular complexity index is 908. The van der Waals surface area contributed by atoms with Crippen LogP contribution in [0.3, 0.4) is 0 Å². The second-order valence-electron chi connectivity index (χ2n) is 7.75. The summed E-state index contributed by atoms with van der Waals surface area (Å²) in [6.07, 6.45) is 0. The molecule has 0 bridgehead atoms. The van der Waals surface area contributed by atoms with Crippen LogP contribution in [0.25, 0.3) is 0 Å². The van der Waals surface area contributed by atoms with E-state index >= 15 is 0 Å². The highest BCUT2D eigenvalue weighted by molar-refractivity contribution is 6.09. The Hall–Kier alpha value is -2.60. The lowest BCUT2D eigenvalue weighted by molar-refractivity contribution is 0.0522. The summed E-state index contributed by atoms with van der Waals surface area (Å²) in [5.74, 6) is -0.465. The number of benzene rings is 1. The maximum Gasteiger partial charge on any atom is 0.340 e. The number of esters is 1. The van der Waals surface area contributed by atoms with Crippen molar-refractivity contribution in [3.05, 3.63) is 51.8 Å². The smallest absolute Gasteiger partial charge is 0.340 e. The molecule has 1 aromatic heterocycles. The molecule has 0 aliphatic carbocycles. The molecule has 0 radical (unpaired) electrons. The molecule has 0 atom stereocenters. The van der Waals surface area contributed by atoms with Gasteiger partial charge in [-0.3, -0.25) is 9.69 Å². The number of ether oxygens (including phenoxy) is 1. The lowest BCUT2D eigenvalue weighted by Crippen LogP contribution is -2.48. The molecule has 0 unspecified atom stereocenters. The first-order valence-corrected chi connectivity index (χ1v) is 10.3. The monoisotopic (exact) mass is 397 g/mol. The summed E-state index contributed by atoms with van der Waals surface area (Å²) in [6.45, 7) is 13.7. The second-order valence-corrected chi connectivity index (χ2v) is 7.75. The molecular formula is C23H31N3O3. The number of H-pyrrole nitrogens is 1. The Morgan fingerprint density at radius 1 is 1.00 bits per heavy atom. The molecule has 0 spiro atoms. The van der Waals surface area contributed by atoms with Crippen molar-refractivity contribution in [1.29, 1.82) is 0 Å². The Morgan fingerprint density at radius 3 is 2.31 bits per heavy atom. The highest BCUT2D eigenvalue weighted by Gasteiger charge is 2.27. The van der Waals surface area contributed by atoms with Gasteiger partial charge < -0.3 is 14.6 Å². The Labute approximate surface area is 172 Å². The zero-order valence-corrected chi connectivity index (χ0v) is 18.1. The van der Waals surface area contributed by atoms with Crippen LogP contribution in [0.1, 0.15) is 50.2 Å².